The predicted molar refractivity (Wildman–Crippen MR) is 67.4 cm³/mol. The fraction of sp³-hybridized carbons (Fsp3) is 0.429. The highest BCUT2D eigenvalue weighted by Crippen LogP contribution is 2.33. The van der Waals surface area contributed by atoms with Gasteiger partial charge in [-0.25, -0.2) is 0 Å². The largest absolute Gasteiger partial charge is 0.304 e. The monoisotopic (exact) mass is 231 g/mol. The molecule has 17 heavy (non-hydrogen) atoms. The summed E-state index contributed by atoms with van der Waals surface area (Å²) in [4.78, 5) is 25.5. The molecule has 0 radical (unpaired) electrons. The number of anilines is 1. The minimum atomic E-state index is -0.387. The number of rotatable bonds is 2. The number of carbonyl (C=O) groups excluding carboxylic acids is 2. The summed E-state index contributed by atoms with van der Waals surface area (Å²) < 4.78 is 0. The highest BCUT2D eigenvalue weighted by molar-refractivity contribution is 6.52. The van der Waals surface area contributed by atoms with Crippen molar-refractivity contribution in [2.45, 2.75) is 27.7 Å². The van der Waals surface area contributed by atoms with E-state index in [1.165, 1.54) is 0 Å². The third-order valence-corrected chi connectivity index (χ3v) is 2.95. The maximum Gasteiger partial charge on any atom is 0.299 e. The maximum absolute atomic E-state index is 11.9. The molecular weight excluding hydrogens is 214 g/mol. The van der Waals surface area contributed by atoms with Crippen molar-refractivity contribution in [2.75, 3.05) is 11.4 Å². The van der Waals surface area contributed by atoms with Crippen LogP contribution < -0.4 is 4.90 Å². The lowest BCUT2D eigenvalue weighted by Gasteiger charge is -2.20. The van der Waals surface area contributed by atoms with Gasteiger partial charge in [-0.2, -0.15) is 0 Å². The smallest absolute Gasteiger partial charge is 0.299 e. The van der Waals surface area contributed by atoms with E-state index in [0.29, 0.717) is 18.0 Å². The summed E-state index contributed by atoms with van der Waals surface area (Å²) in [6.07, 6.45) is 0. The van der Waals surface area contributed by atoms with E-state index in [0.717, 1.165) is 16.8 Å². The predicted octanol–water partition coefficient (Wildman–Crippen LogP) is 2.49. The fourth-order valence-electron chi connectivity index (χ4n) is 2.37. The third-order valence-electron chi connectivity index (χ3n) is 2.95. The van der Waals surface area contributed by atoms with Crippen molar-refractivity contribution in [1.82, 2.24) is 0 Å². The highest BCUT2D eigenvalue weighted by atomic mass is 16.2. The molecule has 0 fully saturated rings. The SMILES string of the molecule is Cc1cc(C)c2c(c1)C(=O)C(=O)N2CC(C)C. The average molecular weight is 231 g/mol. The van der Waals surface area contributed by atoms with Crippen LogP contribution in [0.4, 0.5) is 5.69 Å². The van der Waals surface area contributed by atoms with Crippen LogP contribution in [0.3, 0.4) is 0 Å². The molecule has 0 aliphatic carbocycles. The molecule has 2 rings (SSSR count). The van der Waals surface area contributed by atoms with E-state index in [1.54, 1.807) is 4.90 Å². The first kappa shape index (κ1) is 11.8. The van der Waals surface area contributed by atoms with E-state index in [9.17, 15) is 9.59 Å². The zero-order valence-electron chi connectivity index (χ0n) is 10.7. The van der Waals surface area contributed by atoms with Gasteiger partial charge in [-0.1, -0.05) is 19.9 Å². The van der Waals surface area contributed by atoms with Gasteiger partial charge in [-0.05, 0) is 37.0 Å². The van der Waals surface area contributed by atoms with Gasteiger partial charge >= 0.3 is 0 Å². The standard InChI is InChI=1S/C14H17NO2/c1-8(2)7-15-12-10(4)5-9(3)6-11(12)13(16)14(15)17/h5-6,8H,7H2,1-4H3. The van der Waals surface area contributed by atoms with Crippen molar-refractivity contribution in [3.63, 3.8) is 0 Å². The molecular formula is C14H17NO2. The summed E-state index contributed by atoms with van der Waals surface area (Å²) in [6.45, 7) is 8.57. The first-order valence-electron chi connectivity index (χ1n) is 5.89. The van der Waals surface area contributed by atoms with Crippen LogP contribution in [0.25, 0.3) is 0 Å². The summed E-state index contributed by atoms with van der Waals surface area (Å²) in [5.74, 6) is -0.409. The van der Waals surface area contributed by atoms with Crippen molar-refractivity contribution in [1.29, 1.82) is 0 Å². The lowest BCUT2D eigenvalue weighted by molar-refractivity contribution is -0.114. The maximum atomic E-state index is 11.9. The van der Waals surface area contributed by atoms with Gasteiger partial charge in [0.1, 0.15) is 0 Å². The molecule has 1 aromatic carbocycles. The van der Waals surface area contributed by atoms with Gasteiger partial charge in [0.15, 0.2) is 0 Å². The van der Waals surface area contributed by atoms with Gasteiger partial charge < -0.3 is 4.90 Å². The van der Waals surface area contributed by atoms with Gasteiger partial charge in [0.25, 0.3) is 11.7 Å². The van der Waals surface area contributed by atoms with E-state index < -0.39 is 0 Å². The van der Waals surface area contributed by atoms with Crippen LogP contribution in [0, 0.1) is 19.8 Å². The number of fused-ring (bicyclic) bond motifs is 1. The quantitative estimate of drug-likeness (QED) is 0.733. The second-order valence-corrected chi connectivity index (χ2v) is 5.12. The molecule has 0 saturated carbocycles. The molecule has 0 saturated heterocycles. The molecule has 1 amide bonds. The minimum absolute atomic E-state index is 0.346. The molecule has 0 aromatic heterocycles. The number of benzene rings is 1. The Morgan fingerprint density at radius 1 is 1.18 bits per heavy atom. The summed E-state index contributed by atoms with van der Waals surface area (Å²) in [7, 11) is 0. The Morgan fingerprint density at radius 2 is 1.82 bits per heavy atom. The lowest BCUT2D eigenvalue weighted by atomic mass is 10.0. The first-order chi connectivity index (χ1) is 7.91. The van der Waals surface area contributed by atoms with E-state index in [1.807, 2.05) is 39.8 Å². The number of Topliss-reactive ketones (excluding diaryl/α,β-unsaturated/α-hetero) is 1. The van der Waals surface area contributed by atoms with Crippen molar-refractivity contribution < 1.29 is 9.59 Å². The summed E-state index contributed by atoms with van der Waals surface area (Å²) in [6, 6.07) is 3.82. The minimum Gasteiger partial charge on any atom is -0.304 e. The molecule has 0 N–H and O–H groups in total. The first-order valence-corrected chi connectivity index (χ1v) is 5.89. The van der Waals surface area contributed by atoms with Crippen LogP contribution in [0.1, 0.15) is 35.3 Å². The second-order valence-electron chi connectivity index (χ2n) is 5.12. The van der Waals surface area contributed by atoms with Gasteiger partial charge in [-0.15, -0.1) is 0 Å². The van der Waals surface area contributed by atoms with E-state index in [-0.39, 0.29) is 11.7 Å². The molecule has 90 valence electrons. The normalized spacial score (nSPS) is 14.8. The summed E-state index contributed by atoms with van der Waals surface area (Å²) >= 11 is 0. The molecule has 3 nitrogen and oxygen atoms in total. The molecule has 0 bridgehead atoms. The van der Waals surface area contributed by atoms with E-state index in [4.69, 9.17) is 0 Å². The number of ketones is 1. The zero-order chi connectivity index (χ0) is 12.7. The van der Waals surface area contributed by atoms with Crippen molar-refractivity contribution >= 4 is 17.4 Å². The Bertz CT molecular complexity index is 503. The zero-order valence-corrected chi connectivity index (χ0v) is 10.7. The Labute approximate surface area is 101 Å². The molecule has 0 spiro atoms. The molecule has 1 aromatic rings. The van der Waals surface area contributed by atoms with Crippen molar-refractivity contribution in [2.24, 2.45) is 5.92 Å². The average Bonchev–Trinajstić information content (AvgIpc) is 2.43. The topological polar surface area (TPSA) is 37.4 Å². The van der Waals surface area contributed by atoms with Gasteiger partial charge in [0.2, 0.25) is 0 Å². The molecule has 3 heteroatoms. The highest BCUT2D eigenvalue weighted by Gasteiger charge is 2.37. The molecule has 1 heterocycles. The summed E-state index contributed by atoms with van der Waals surface area (Å²) in [5.41, 5.74) is 3.39. The van der Waals surface area contributed by atoms with Gasteiger partial charge in [0, 0.05) is 6.54 Å². The van der Waals surface area contributed by atoms with Crippen LogP contribution in [-0.4, -0.2) is 18.2 Å². The molecule has 1 aliphatic rings. The van der Waals surface area contributed by atoms with E-state index >= 15 is 0 Å². The number of hydrogen-bond donors (Lipinski definition) is 0. The number of aryl methyl sites for hydroxylation is 2. The Hall–Kier alpha value is -1.64. The van der Waals surface area contributed by atoms with Crippen LogP contribution in [0.2, 0.25) is 0 Å². The Morgan fingerprint density at radius 3 is 2.41 bits per heavy atom. The van der Waals surface area contributed by atoms with Crippen LogP contribution >= 0.6 is 0 Å². The Balaban J connectivity index is 2.56. The molecule has 0 unspecified atom stereocenters. The number of hydrogen-bond acceptors (Lipinski definition) is 2. The number of carbonyl (C=O) groups is 2. The third kappa shape index (κ3) is 1.86. The molecule has 1 aliphatic heterocycles. The van der Waals surface area contributed by atoms with Gasteiger partial charge in [0.05, 0.1) is 11.3 Å². The van der Waals surface area contributed by atoms with Gasteiger partial charge in [-0.3, -0.25) is 9.59 Å². The number of amides is 1. The van der Waals surface area contributed by atoms with Crippen molar-refractivity contribution in [3.05, 3.63) is 28.8 Å². The summed E-state index contributed by atoms with van der Waals surface area (Å²) in [5, 5.41) is 0. The Kier molecular flexibility index (Phi) is 2.77. The molecule has 0 atom stereocenters. The van der Waals surface area contributed by atoms with Crippen LogP contribution in [0.15, 0.2) is 12.1 Å². The number of nitrogens with zero attached hydrogens (tertiary/aromatic N) is 1. The van der Waals surface area contributed by atoms with Crippen molar-refractivity contribution in [3.8, 4) is 0 Å². The lowest BCUT2D eigenvalue weighted by Crippen LogP contribution is -2.33. The fourth-order valence-corrected chi connectivity index (χ4v) is 2.37. The van der Waals surface area contributed by atoms with E-state index in [2.05, 4.69) is 0 Å². The second kappa shape index (κ2) is 3.99. The van der Waals surface area contributed by atoms with Crippen LogP contribution in [0.5, 0.6) is 0 Å². The van der Waals surface area contributed by atoms with Crippen LogP contribution in [-0.2, 0) is 4.79 Å².